The molecule has 0 N–H and O–H groups in total. The Morgan fingerprint density at radius 1 is 1.04 bits per heavy atom. The van der Waals surface area contributed by atoms with Crippen molar-refractivity contribution in [3.63, 3.8) is 0 Å². The van der Waals surface area contributed by atoms with E-state index in [1.165, 1.54) is 32.1 Å². The number of aromatic nitrogens is 1. The molecular formula is C22H28N2O2. The molecule has 2 aromatic rings. The van der Waals surface area contributed by atoms with Gasteiger partial charge in [0.25, 0.3) is 5.91 Å². The molecule has 1 saturated carbocycles. The molecule has 0 radical (unpaired) electrons. The summed E-state index contributed by atoms with van der Waals surface area (Å²) in [6, 6.07) is 12.3. The first-order valence-electron chi connectivity index (χ1n) is 10.0. The number of ether oxygens (including phenoxy) is 1. The van der Waals surface area contributed by atoms with E-state index in [1.807, 2.05) is 23.1 Å². The van der Waals surface area contributed by atoms with Gasteiger partial charge in [0.2, 0.25) is 0 Å². The first-order valence-corrected chi connectivity index (χ1v) is 10.0. The summed E-state index contributed by atoms with van der Waals surface area (Å²) in [6.07, 6.45) is 7.98. The molecule has 0 bridgehead atoms. The van der Waals surface area contributed by atoms with E-state index in [0.717, 1.165) is 36.0 Å². The number of carbonyl (C=O) groups excluding carboxylic acids is 1. The van der Waals surface area contributed by atoms with E-state index in [4.69, 9.17) is 9.72 Å². The van der Waals surface area contributed by atoms with E-state index in [0.29, 0.717) is 19.1 Å². The Morgan fingerprint density at radius 2 is 1.88 bits per heavy atom. The summed E-state index contributed by atoms with van der Waals surface area (Å²) in [5, 5.41) is 1.14. The van der Waals surface area contributed by atoms with Crippen LogP contribution in [-0.4, -0.2) is 35.0 Å². The zero-order valence-corrected chi connectivity index (χ0v) is 15.4. The van der Waals surface area contributed by atoms with E-state index in [-0.39, 0.29) is 12.0 Å². The second-order valence-corrected chi connectivity index (χ2v) is 7.72. The van der Waals surface area contributed by atoms with Crippen LogP contribution in [0.2, 0.25) is 0 Å². The molecule has 138 valence electrons. The minimum Gasteiger partial charge on any atom is -0.368 e. The van der Waals surface area contributed by atoms with Gasteiger partial charge in [-0.2, -0.15) is 0 Å². The van der Waals surface area contributed by atoms with Gasteiger partial charge < -0.3 is 9.64 Å². The lowest BCUT2D eigenvalue weighted by molar-refractivity contribution is -0.142. The minimum absolute atomic E-state index is 0.156. The number of para-hydroxylation sites is 1. The molecule has 1 aromatic heterocycles. The van der Waals surface area contributed by atoms with Crippen molar-refractivity contribution >= 4 is 16.8 Å². The smallest absolute Gasteiger partial charge is 0.252 e. The fourth-order valence-electron chi connectivity index (χ4n) is 4.28. The average molecular weight is 352 g/mol. The third kappa shape index (κ3) is 4.07. The van der Waals surface area contributed by atoms with Gasteiger partial charge in [-0.1, -0.05) is 43.5 Å². The van der Waals surface area contributed by atoms with E-state index < -0.39 is 0 Å². The number of benzene rings is 1. The van der Waals surface area contributed by atoms with Crippen LogP contribution in [0.5, 0.6) is 0 Å². The van der Waals surface area contributed by atoms with Gasteiger partial charge in [-0.15, -0.1) is 0 Å². The van der Waals surface area contributed by atoms with Crippen molar-refractivity contribution in [2.45, 2.75) is 57.6 Å². The van der Waals surface area contributed by atoms with Crippen molar-refractivity contribution in [3.8, 4) is 0 Å². The summed E-state index contributed by atoms with van der Waals surface area (Å²) in [5.74, 6) is 0.776. The lowest BCUT2D eigenvalue weighted by Gasteiger charge is -2.31. The van der Waals surface area contributed by atoms with Crippen LogP contribution in [0.15, 0.2) is 36.4 Å². The Hall–Kier alpha value is -1.94. The van der Waals surface area contributed by atoms with Gasteiger partial charge >= 0.3 is 0 Å². The maximum atomic E-state index is 13.1. The Bertz CT molecular complexity index is 749. The second kappa shape index (κ2) is 8.17. The number of fused-ring (bicyclic) bond motifs is 1. The summed E-state index contributed by atoms with van der Waals surface area (Å²) in [6.45, 7) is 2.13. The van der Waals surface area contributed by atoms with Crippen molar-refractivity contribution in [3.05, 3.63) is 42.1 Å². The number of amides is 1. The molecule has 2 fully saturated rings. The maximum Gasteiger partial charge on any atom is 0.252 e. The standard InChI is InChI=1S/C22H28N2O2/c25-22(21-11-6-14-26-21)24(15-17-7-2-1-3-8-17)16-19-13-12-18-9-4-5-10-20(18)23-19/h4-5,9-10,12-13,17,21H,1-3,6-8,11,14-16H2. The van der Waals surface area contributed by atoms with E-state index in [1.54, 1.807) is 0 Å². The van der Waals surface area contributed by atoms with Gasteiger partial charge in [-0.05, 0) is 43.7 Å². The molecule has 4 nitrogen and oxygen atoms in total. The SMILES string of the molecule is O=C(C1CCCO1)N(Cc1ccc2ccccc2n1)CC1CCCCC1. The monoisotopic (exact) mass is 352 g/mol. The van der Waals surface area contributed by atoms with Gasteiger partial charge in [-0.25, -0.2) is 0 Å². The van der Waals surface area contributed by atoms with Gasteiger partial charge in [0.05, 0.1) is 17.8 Å². The maximum absolute atomic E-state index is 13.1. The van der Waals surface area contributed by atoms with Gasteiger partial charge in [0.15, 0.2) is 0 Å². The molecule has 4 rings (SSSR count). The van der Waals surface area contributed by atoms with Crippen LogP contribution in [-0.2, 0) is 16.1 Å². The lowest BCUT2D eigenvalue weighted by atomic mass is 9.89. The number of nitrogens with zero attached hydrogens (tertiary/aromatic N) is 2. The fourth-order valence-corrected chi connectivity index (χ4v) is 4.28. The number of hydrogen-bond acceptors (Lipinski definition) is 3. The number of rotatable bonds is 5. The summed E-state index contributed by atoms with van der Waals surface area (Å²) >= 11 is 0. The average Bonchev–Trinajstić information content (AvgIpc) is 3.22. The third-order valence-electron chi connectivity index (χ3n) is 5.73. The minimum atomic E-state index is -0.251. The Balaban J connectivity index is 1.52. The van der Waals surface area contributed by atoms with E-state index in [2.05, 4.69) is 18.2 Å². The zero-order valence-electron chi connectivity index (χ0n) is 15.4. The molecule has 2 aliphatic rings. The molecule has 1 saturated heterocycles. The Morgan fingerprint density at radius 3 is 2.69 bits per heavy atom. The van der Waals surface area contributed by atoms with Crippen LogP contribution in [0.1, 0.15) is 50.6 Å². The normalized spacial score (nSPS) is 21.2. The van der Waals surface area contributed by atoms with Crippen molar-refractivity contribution in [1.29, 1.82) is 0 Å². The highest BCUT2D eigenvalue weighted by molar-refractivity contribution is 5.81. The van der Waals surface area contributed by atoms with Crippen LogP contribution in [0.3, 0.4) is 0 Å². The molecule has 4 heteroatoms. The van der Waals surface area contributed by atoms with E-state index in [9.17, 15) is 4.79 Å². The highest BCUT2D eigenvalue weighted by atomic mass is 16.5. The summed E-state index contributed by atoms with van der Waals surface area (Å²) < 4.78 is 5.68. The van der Waals surface area contributed by atoms with Crippen LogP contribution >= 0.6 is 0 Å². The van der Waals surface area contributed by atoms with Crippen molar-refractivity contribution in [2.24, 2.45) is 5.92 Å². The quantitative estimate of drug-likeness (QED) is 0.805. The van der Waals surface area contributed by atoms with Crippen LogP contribution in [0.4, 0.5) is 0 Å². The van der Waals surface area contributed by atoms with E-state index >= 15 is 0 Å². The number of hydrogen-bond donors (Lipinski definition) is 0. The topological polar surface area (TPSA) is 42.4 Å². The molecule has 1 aromatic carbocycles. The molecule has 26 heavy (non-hydrogen) atoms. The lowest BCUT2D eigenvalue weighted by Crippen LogP contribution is -2.41. The molecule has 1 unspecified atom stereocenters. The molecule has 1 atom stereocenters. The van der Waals surface area contributed by atoms with Crippen LogP contribution in [0.25, 0.3) is 10.9 Å². The molecule has 1 amide bonds. The Labute approximate surface area is 155 Å². The van der Waals surface area contributed by atoms with Gasteiger partial charge in [-0.3, -0.25) is 9.78 Å². The number of carbonyl (C=O) groups is 1. The largest absolute Gasteiger partial charge is 0.368 e. The predicted octanol–water partition coefficient (Wildman–Crippen LogP) is 4.32. The predicted molar refractivity (Wildman–Crippen MR) is 103 cm³/mol. The summed E-state index contributed by atoms with van der Waals surface area (Å²) in [5.41, 5.74) is 1.96. The van der Waals surface area contributed by atoms with Crippen molar-refractivity contribution in [1.82, 2.24) is 9.88 Å². The van der Waals surface area contributed by atoms with Crippen molar-refractivity contribution in [2.75, 3.05) is 13.2 Å². The zero-order chi connectivity index (χ0) is 17.8. The fraction of sp³-hybridized carbons (Fsp3) is 0.545. The van der Waals surface area contributed by atoms with Gasteiger partial charge in [0.1, 0.15) is 6.10 Å². The highest BCUT2D eigenvalue weighted by Crippen LogP contribution is 2.26. The van der Waals surface area contributed by atoms with Crippen molar-refractivity contribution < 1.29 is 9.53 Å². The summed E-state index contributed by atoms with van der Waals surface area (Å²) in [7, 11) is 0. The molecule has 2 heterocycles. The molecule has 1 aliphatic carbocycles. The Kier molecular flexibility index (Phi) is 5.49. The van der Waals surface area contributed by atoms with Crippen LogP contribution in [0, 0.1) is 5.92 Å². The summed E-state index contributed by atoms with van der Waals surface area (Å²) in [4.78, 5) is 19.9. The van der Waals surface area contributed by atoms with Gasteiger partial charge in [0, 0.05) is 18.5 Å². The second-order valence-electron chi connectivity index (χ2n) is 7.72. The highest BCUT2D eigenvalue weighted by Gasteiger charge is 2.30. The van der Waals surface area contributed by atoms with Crippen LogP contribution < -0.4 is 0 Å². The third-order valence-corrected chi connectivity index (χ3v) is 5.73. The first-order chi connectivity index (χ1) is 12.8. The number of pyridine rings is 1. The molecular weight excluding hydrogens is 324 g/mol. The first kappa shape index (κ1) is 17.5. The molecule has 1 aliphatic heterocycles. The molecule has 0 spiro atoms.